The molecule has 5 aromatic rings. The van der Waals surface area contributed by atoms with Gasteiger partial charge in [0.15, 0.2) is 5.43 Å². The molecule has 0 spiro atoms. The van der Waals surface area contributed by atoms with Gasteiger partial charge in [-0.1, -0.05) is 78.4 Å². The summed E-state index contributed by atoms with van der Waals surface area (Å²) in [5.41, 5.74) is 0.371. The van der Waals surface area contributed by atoms with Crippen LogP contribution in [0.1, 0.15) is 15.7 Å². The molecule has 8 heteroatoms. The average Bonchev–Trinajstić information content (AvgIpc) is 2.91. The first kappa shape index (κ1) is 24.7. The molecule has 6 nitrogen and oxygen atoms in total. The van der Waals surface area contributed by atoms with Gasteiger partial charge in [0, 0.05) is 5.56 Å². The molecule has 0 aliphatic heterocycles. The number of rotatable bonds is 6. The second kappa shape index (κ2) is 9.46. The Morgan fingerprint density at radius 3 is 1.65 bits per heavy atom. The quantitative estimate of drug-likeness (QED) is 0.279. The Hall–Kier alpha value is -4.01. The molecule has 0 N–H and O–H groups in total. The molecule has 0 aliphatic rings. The summed E-state index contributed by atoms with van der Waals surface area (Å²) in [4.78, 5) is 13.6. The Balaban J connectivity index is 1.94. The molecule has 0 amide bonds. The van der Waals surface area contributed by atoms with Crippen LogP contribution in [0.5, 0.6) is 0 Å². The van der Waals surface area contributed by atoms with Crippen LogP contribution in [0, 0.1) is 6.92 Å². The summed E-state index contributed by atoms with van der Waals surface area (Å²) in [7, 11) is -9.28. The highest BCUT2D eigenvalue weighted by molar-refractivity contribution is 8.08. The van der Waals surface area contributed by atoms with Crippen molar-refractivity contribution in [2.75, 3.05) is 0 Å². The topological polar surface area (TPSA) is 98.5 Å². The molecule has 0 radical (unpaired) electrons. The van der Waals surface area contributed by atoms with Crippen LogP contribution < -0.4 is 5.43 Å². The molecular weight excluding hydrogens is 508 g/mol. The van der Waals surface area contributed by atoms with E-state index in [1.165, 1.54) is 54.6 Å². The lowest BCUT2D eigenvalue weighted by molar-refractivity contribution is 0.570. The van der Waals surface area contributed by atoms with E-state index >= 15 is 0 Å². The number of benzene rings is 4. The van der Waals surface area contributed by atoms with Crippen molar-refractivity contribution in [1.29, 1.82) is 0 Å². The third kappa shape index (κ3) is 4.39. The number of hydrogen-bond acceptors (Lipinski definition) is 6. The monoisotopic (exact) mass is 530 g/mol. The molecule has 4 aromatic carbocycles. The highest BCUT2D eigenvalue weighted by atomic mass is 32.3. The Labute approximate surface area is 214 Å². The zero-order chi connectivity index (χ0) is 26.2. The minimum Gasteiger partial charge on any atom is -0.455 e. The minimum absolute atomic E-state index is 0.0879. The van der Waals surface area contributed by atoms with E-state index in [0.717, 1.165) is 5.56 Å². The zero-order valence-electron chi connectivity index (χ0n) is 19.7. The molecule has 0 bridgehead atoms. The van der Waals surface area contributed by atoms with Gasteiger partial charge in [-0.2, -0.15) is 0 Å². The first-order valence-electron chi connectivity index (χ1n) is 11.4. The number of para-hydroxylation sites is 1. The SMILES string of the molecule is Cc1ccc(-c2oc3ccccc3c(=O)c2C(S(=O)(=O)c2ccccc2)S(=O)(=O)c2ccccc2)cc1. The second-order valence-electron chi connectivity index (χ2n) is 8.58. The molecule has 0 atom stereocenters. The summed E-state index contributed by atoms with van der Waals surface area (Å²) in [6.45, 7) is 1.88. The summed E-state index contributed by atoms with van der Waals surface area (Å²) in [6.07, 6.45) is 0. The fourth-order valence-electron chi connectivity index (χ4n) is 4.23. The Bertz CT molecular complexity index is 1790. The van der Waals surface area contributed by atoms with Crippen LogP contribution in [0.3, 0.4) is 0 Å². The third-order valence-corrected chi connectivity index (χ3v) is 11.1. The van der Waals surface area contributed by atoms with Crippen molar-refractivity contribution < 1.29 is 21.3 Å². The van der Waals surface area contributed by atoms with Gasteiger partial charge in [0.25, 0.3) is 0 Å². The maximum absolute atomic E-state index is 14.1. The third-order valence-electron chi connectivity index (χ3n) is 6.09. The molecule has 0 fully saturated rings. The smallest absolute Gasteiger partial charge is 0.204 e. The highest BCUT2D eigenvalue weighted by Crippen LogP contribution is 2.41. The minimum atomic E-state index is -4.64. The van der Waals surface area contributed by atoms with Crippen LogP contribution >= 0.6 is 0 Å². The first-order chi connectivity index (χ1) is 17.7. The van der Waals surface area contributed by atoms with Crippen molar-refractivity contribution in [2.24, 2.45) is 0 Å². The lowest BCUT2D eigenvalue weighted by Gasteiger charge is -2.21. The fourth-order valence-corrected chi connectivity index (χ4v) is 8.85. The van der Waals surface area contributed by atoms with Crippen LogP contribution in [0.4, 0.5) is 0 Å². The van der Waals surface area contributed by atoms with Crippen LogP contribution in [-0.4, -0.2) is 16.8 Å². The maximum Gasteiger partial charge on any atom is 0.204 e. The fraction of sp³-hybridized carbons (Fsp3) is 0.0690. The van der Waals surface area contributed by atoms with E-state index in [-0.39, 0.29) is 26.5 Å². The van der Waals surface area contributed by atoms with Crippen LogP contribution in [0.2, 0.25) is 0 Å². The van der Waals surface area contributed by atoms with Gasteiger partial charge in [-0.05, 0) is 43.3 Å². The van der Waals surface area contributed by atoms with Crippen molar-refractivity contribution in [3.8, 4) is 11.3 Å². The standard InChI is InChI=1S/C29H22O6S2/c1-20-16-18-21(19-17-20)28-26(27(30)24-14-8-9-15-25(24)35-28)29(36(31,32)22-10-4-2-5-11-22)37(33,34)23-12-6-3-7-13-23/h2-19,29H,1H3. The number of fused-ring (bicyclic) bond motifs is 1. The van der Waals surface area contributed by atoms with E-state index in [1.54, 1.807) is 54.6 Å². The van der Waals surface area contributed by atoms with E-state index < -0.39 is 35.2 Å². The van der Waals surface area contributed by atoms with Crippen molar-refractivity contribution in [2.45, 2.75) is 21.3 Å². The van der Waals surface area contributed by atoms with E-state index in [1.807, 2.05) is 6.92 Å². The van der Waals surface area contributed by atoms with Crippen molar-refractivity contribution in [3.63, 3.8) is 0 Å². The van der Waals surface area contributed by atoms with Gasteiger partial charge in [-0.25, -0.2) is 16.8 Å². The number of sulfone groups is 2. The summed E-state index contributed by atoms with van der Waals surface area (Å²) in [6, 6.07) is 27.8. The normalized spacial score (nSPS) is 12.2. The second-order valence-corrected chi connectivity index (χ2v) is 12.9. The number of aryl methyl sites for hydroxylation is 1. The van der Waals surface area contributed by atoms with Crippen LogP contribution in [0.25, 0.3) is 22.3 Å². The van der Waals surface area contributed by atoms with Crippen molar-refractivity contribution >= 4 is 30.6 Å². The highest BCUT2D eigenvalue weighted by Gasteiger charge is 2.45. The average molecular weight is 531 g/mol. The largest absolute Gasteiger partial charge is 0.455 e. The lowest BCUT2D eigenvalue weighted by atomic mass is 10.0. The van der Waals surface area contributed by atoms with E-state index in [0.29, 0.717) is 5.56 Å². The van der Waals surface area contributed by atoms with Crippen molar-refractivity contribution in [3.05, 3.63) is 131 Å². The summed E-state index contributed by atoms with van der Waals surface area (Å²) in [5.74, 6) is -0.104. The van der Waals surface area contributed by atoms with Crippen LogP contribution in [0.15, 0.2) is 128 Å². The maximum atomic E-state index is 14.1. The molecule has 37 heavy (non-hydrogen) atoms. The Kier molecular flexibility index (Phi) is 6.31. The molecule has 186 valence electrons. The summed E-state index contributed by atoms with van der Waals surface area (Å²) in [5, 5.41) is 0.0879. The Morgan fingerprint density at radius 2 is 1.11 bits per heavy atom. The predicted octanol–water partition coefficient (Wildman–Crippen LogP) is 5.71. The van der Waals surface area contributed by atoms with Gasteiger partial charge < -0.3 is 4.42 Å². The van der Waals surface area contributed by atoms with Gasteiger partial charge in [0.2, 0.25) is 24.3 Å². The van der Waals surface area contributed by atoms with Gasteiger partial charge in [-0.15, -0.1) is 0 Å². The van der Waals surface area contributed by atoms with E-state index in [9.17, 15) is 21.6 Å². The summed E-state index contributed by atoms with van der Waals surface area (Å²) < 4.78 is 60.3. The van der Waals surface area contributed by atoms with E-state index in [2.05, 4.69) is 0 Å². The molecule has 0 saturated carbocycles. The van der Waals surface area contributed by atoms with E-state index in [4.69, 9.17) is 4.42 Å². The predicted molar refractivity (Wildman–Crippen MR) is 143 cm³/mol. The van der Waals surface area contributed by atoms with Crippen molar-refractivity contribution in [1.82, 2.24) is 0 Å². The lowest BCUT2D eigenvalue weighted by Crippen LogP contribution is -2.29. The zero-order valence-corrected chi connectivity index (χ0v) is 21.4. The van der Waals surface area contributed by atoms with Gasteiger partial charge >= 0.3 is 0 Å². The summed E-state index contributed by atoms with van der Waals surface area (Å²) >= 11 is 0. The molecule has 0 aliphatic carbocycles. The molecular formula is C29H22O6S2. The molecule has 1 aromatic heterocycles. The number of hydrogen-bond donors (Lipinski definition) is 0. The van der Waals surface area contributed by atoms with Crippen LogP contribution in [-0.2, 0) is 19.7 Å². The first-order valence-corrected chi connectivity index (χ1v) is 14.5. The van der Waals surface area contributed by atoms with Gasteiger partial charge in [0.05, 0.1) is 20.7 Å². The molecule has 1 heterocycles. The van der Waals surface area contributed by atoms with Gasteiger partial charge in [-0.3, -0.25) is 4.79 Å². The Morgan fingerprint density at radius 1 is 0.622 bits per heavy atom. The molecule has 5 rings (SSSR count). The molecule has 0 saturated heterocycles. The van der Waals surface area contributed by atoms with Gasteiger partial charge in [0.1, 0.15) is 11.3 Å². The molecule has 0 unspecified atom stereocenters.